The minimum Gasteiger partial charge on any atom is -0.486 e. The molecule has 1 atom stereocenters. The molecule has 1 spiro atoms. The van der Waals surface area contributed by atoms with Crippen molar-refractivity contribution < 1.29 is 24.2 Å². The van der Waals surface area contributed by atoms with E-state index in [0.717, 1.165) is 19.4 Å². The third-order valence-electron chi connectivity index (χ3n) is 5.56. The molecule has 4 rings (SSSR count). The number of nitrogens with zero attached hydrogens (tertiary/aromatic N) is 1. The normalized spacial score (nSPS) is 24.3. The topological polar surface area (TPSA) is 88.1 Å². The molecule has 0 unspecified atom stereocenters. The quantitative estimate of drug-likeness (QED) is 0.835. The van der Waals surface area contributed by atoms with Gasteiger partial charge in [-0.25, -0.2) is 0 Å². The maximum Gasteiger partial charge on any atom is 0.320 e. The molecule has 2 N–H and O–H groups in total. The van der Waals surface area contributed by atoms with E-state index in [-0.39, 0.29) is 11.3 Å². The first-order valence-corrected chi connectivity index (χ1v) is 8.71. The van der Waals surface area contributed by atoms with Crippen LogP contribution in [0, 0.1) is 5.41 Å². The van der Waals surface area contributed by atoms with Gasteiger partial charge < -0.3 is 24.8 Å². The van der Waals surface area contributed by atoms with Crippen molar-refractivity contribution in [2.45, 2.75) is 25.3 Å². The van der Waals surface area contributed by atoms with Crippen LogP contribution in [0.1, 0.15) is 29.6 Å². The molecule has 0 aromatic heterocycles. The molecular formula is C18H22N2O5. The lowest BCUT2D eigenvalue weighted by atomic mass is 9.76. The number of carboxylic acids is 1. The molecule has 134 valence electrons. The van der Waals surface area contributed by atoms with Crippen molar-refractivity contribution in [2.24, 2.45) is 5.41 Å². The first-order valence-electron chi connectivity index (χ1n) is 8.71. The molecule has 2 saturated heterocycles. The van der Waals surface area contributed by atoms with E-state index in [1.165, 1.54) is 0 Å². The highest BCUT2D eigenvalue weighted by atomic mass is 16.6. The highest BCUT2D eigenvalue weighted by Crippen LogP contribution is 2.40. The Morgan fingerprint density at radius 2 is 1.88 bits per heavy atom. The Hall–Kier alpha value is -2.28. The van der Waals surface area contributed by atoms with Crippen LogP contribution in [0.25, 0.3) is 0 Å². The second-order valence-electron chi connectivity index (χ2n) is 7.13. The van der Waals surface area contributed by atoms with Crippen LogP contribution in [-0.4, -0.2) is 60.8 Å². The third-order valence-corrected chi connectivity index (χ3v) is 5.56. The standard InChI is InChI=1S/C18H22N2O5/c21-16(12-1-2-14-15(9-12)25-8-7-24-14)20-5-3-18(4-6-20)10-13(17(22)23)19-11-18/h1-2,9,13,19H,3-8,10-11H2,(H,22,23)/t13-/m0/s1. The molecule has 1 amide bonds. The van der Waals surface area contributed by atoms with E-state index < -0.39 is 12.0 Å². The molecule has 1 aromatic rings. The highest BCUT2D eigenvalue weighted by molar-refractivity contribution is 5.95. The number of carbonyl (C=O) groups is 2. The number of rotatable bonds is 2. The maximum atomic E-state index is 12.8. The summed E-state index contributed by atoms with van der Waals surface area (Å²) < 4.78 is 11.0. The number of fused-ring (bicyclic) bond motifs is 1. The van der Waals surface area contributed by atoms with E-state index in [1.54, 1.807) is 18.2 Å². The number of hydrogen-bond donors (Lipinski definition) is 2. The van der Waals surface area contributed by atoms with E-state index in [9.17, 15) is 9.59 Å². The van der Waals surface area contributed by atoms with Crippen molar-refractivity contribution in [3.63, 3.8) is 0 Å². The molecule has 3 aliphatic rings. The van der Waals surface area contributed by atoms with Gasteiger partial charge in [-0.3, -0.25) is 9.59 Å². The molecule has 0 radical (unpaired) electrons. The molecule has 7 nitrogen and oxygen atoms in total. The van der Waals surface area contributed by atoms with Crippen LogP contribution >= 0.6 is 0 Å². The van der Waals surface area contributed by atoms with Gasteiger partial charge in [0.15, 0.2) is 11.5 Å². The van der Waals surface area contributed by atoms with E-state index >= 15 is 0 Å². The minimum absolute atomic E-state index is 0.00659. The van der Waals surface area contributed by atoms with Gasteiger partial charge in [-0.2, -0.15) is 0 Å². The van der Waals surface area contributed by atoms with Crippen molar-refractivity contribution >= 4 is 11.9 Å². The molecule has 2 fully saturated rings. The number of piperidine rings is 1. The first kappa shape index (κ1) is 16.2. The first-order chi connectivity index (χ1) is 12.1. The third kappa shape index (κ3) is 3.04. The van der Waals surface area contributed by atoms with Crippen LogP contribution < -0.4 is 14.8 Å². The second kappa shape index (κ2) is 6.22. The number of aliphatic carboxylic acids is 1. The zero-order valence-corrected chi connectivity index (χ0v) is 14.0. The molecule has 1 aromatic carbocycles. The van der Waals surface area contributed by atoms with Crippen LogP contribution in [0.15, 0.2) is 18.2 Å². The summed E-state index contributed by atoms with van der Waals surface area (Å²) in [6, 6.07) is 4.85. The van der Waals surface area contributed by atoms with E-state index in [4.69, 9.17) is 14.6 Å². The van der Waals surface area contributed by atoms with E-state index in [1.807, 2.05) is 4.90 Å². The van der Waals surface area contributed by atoms with Crippen molar-refractivity contribution in [3.8, 4) is 11.5 Å². The molecule has 0 saturated carbocycles. The van der Waals surface area contributed by atoms with Crippen molar-refractivity contribution in [1.82, 2.24) is 10.2 Å². The summed E-state index contributed by atoms with van der Waals surface area (Å²) in [7, 11) is 0. The van der Waals surface area contributed by atoms with Crippen LogP contribution in [0.2, 0.25) is 0 Å². The van der Waals surface area contributed by atoms with Gasteiger partial charge in [-0.1, -0.05) is 0 Å². The van der Waals surface area contributed by atoms with Gasteiger partial charge >= 0.3 is 5.97 Å². The SMILES string of the molecule is O=C(O)[C@@H]1CC2(CCN(C(=O)c3ccc4c(c3)OCCO4)CC2)CN1. The van der Waals surface area contributed by atoms with Gasteiger partial charge in [0.1, 0.15) is 19.3 Å². The largest absolute Gasteiger partial charge is 0.486 e. The fraction of sp³-hybridized carbons (Fsp3) is 0.556. The number of benzene rings is 1. The molecule has 0 aliphatic carbocycles. The summed E-state index contributed by atoms with van der Waals surface area (Å²) in [5, 5.41) is 12.3. The van der Waals surface area contributed by atoms with E-state index in [2.05, 4.69) is 5.32 Å². The number of carboxylic acid groups (broad SMARTS) is 1. The average molecular weight is 346 g/mol. The smallest absolute Gasteiger partial charge is 0.320 e. The number of carbonyl (C=O) groups excluding carboxylic acids is 1. The lowest BCUT2D eigenvalue weighted by Crippen LogP contribution is -2.44. The Morgan fingerprint density at radius 3 is 2.56 bits per heavy atom. The van der Waals surface area contributed by atoms with E-state index in [0.29, 0.717) is 49.8 Å². The molecular weight excluding hydrogens is 324 g/mol. The highest BCUT2D eigenvalue weighted by Gasteiger charge is 2.44. The monoisotopic (exact) mass is 346 g/mol. The number of likely N-dealkylation sites (tertiary alicyclic amines) is 1. The lowest BCUT2D eigenvalue weighted by molar-refractivity contribution is -0.139. The van der Waals surface area contributed by atoms with Gasteiger partial charge in [-0.15, -0.1) is 0 Å². The van der Waals surface area contributed by atoms with Crippen LogP contribution in [0.5, 0.6) is 11.5 Å². The summed E-state index contributed by atoms with van der Waals surface area (Å²) >= 11 is 0. The summed E-state index contributed by atoms with van der Waals surface area (Å²) in [6.45, 7) is 3.05. The maximum absolute atomic E-state index is 12.8. The van der Waals surface area contributed by atoms with Gasteiger partial charge in [0.25, 0.3) is 5.91 Å². The summed E-state index contributed by atoms with van der Waals surface area (Å²) in [5.74, 6) is 0.506. The van der Waals surface area contributed by atoms with Crippen LogP contribution in [0.4, 0.5) is 0 Å². The number of hydrogen-bond acceptors (Lipinski definition) is 5. The Bertz CT molecular complexity index is 697. The Balaban J connectivity index is 1.41. The fourth-order valence-corrected chi connectivity index (χ4v) is 4.02. The summed E-state index contributed by atoms with van der Waals surface area (Å²) in [6.07, 6.45) is 2.31. The molecule has 7 heteroatoms. The lowest BCUT2D eigenvalue weighted by Gasteiger charge is -2.39. The van der Waals surface area contributed by atoms with Gasteiger partial charge in [0.05, 0.1) is 0 Å². The number of ether oxygens (including phenoxy) is 2. The fourth-order valence-electron chi connectivity index (χ4n) is 4.02. The number of nitrogens with one attached hydrogen (secondary N) is 1. The van der Waals surface area contributed by atoms with Gasteiger partial charge in [0, 0.05) is 25.2 Å². The van der Waals surface area contributed by atoms with Crippen LogP contribution in [0.3, 0.4) is 0 Å². The number of amides is 1. The Kier molecular flexibility index (Phi) is 4.03. The predicted molar refractivity (Wildman–Crippen MR) is 89.0 cm³/mol. The Labute approximate surface area is 145 Å². The van der Waals surface area contributed by atoms with Crippen LogP contribution in [-0.2, 0) is 4.79 Å². The molecule has 3 heterocycles. The average Bonchev–Trinajstić information content (AvgIpc) is 3.05. The molecule has 0 bridgehead atoms. The summed E-state index contributed by atoms with van der Waals surface area (Å²) in [5.41, 5.74) is 0.611. The van der Waals surface area contributed by atoms with Gasteiger partial charge in [-0.05, 0) is 42.9 Å². The summed E-state index contributed by atoms with van der Waals surface area (Å²) in [4.78, 5) is 25.8. The predicted octanol–water partition coefficient (Wildman–Crippen LogP) is 1.13. The zero-order valence-electron chi connectivity index (χ0n) is 14.0. The van der Waals surface area contributed by atoms with Gasteiger partial charge in [0.2, 0.25) is 0 Å². The van der Waals surface area contributed by atoms with Crippen molar-refractivity contribution in [3.05, 3.63) is 23.8 Å². The Morgan fingerprint density at radius 1 is 1.16 bits per heavy atom. The minimum atomic E-state index is -0.786. The molecule has 3 aliphatic heterocycles. The molecule has 25 heavy (non-hydrogen) atoms. The van der Waals surface area contributed by atoms with Crippen molar-refractivity contribution in [2.75, 3.05) is 32.8 Å². The zero-order chi connectivity index (χ0) is 17.4. The second-order valence-corrected chi connectivity index (χ2v) is 7.13. The van der Waals surface area contributed by atoms with Crippen molar-refractivity contribution in [1.29, 1.82) is 0 Å².